The van der Waals surface area contributed by atoms with E-state index in [4.69, 9.17) is 15.0 Å². The predicted molar refractivity (Wildman–Crippen MR) is 75.4 cm³/mol. The zero-order chi connectivity index (χ0) is 14.8. The van der Waals surface area contributed by atoms with Crippen LogP contribution in [0.25, 0.3) is 11.5 Å². The van der Waals surface area contributed by atoms with Gasteiger partial charge in [-0.15, -0.1) is 0 Å². The molecule has 0 fully saturated rings. The number of benzene rings is 1. The summed E-state index contributed by atoms with van der Waals surface area (Å²) in [6.45, 7) is 4.39. The van der Waals surface area contributed by atoms with Gasteiger partial charge < -0.3 is 15.0 Å². The van der Waals surface area contributed by atoms with Crippen LogP contribution in [0.15, 0.2) is 27.2 Å². The molecule has 0 spiro atoms. The van der Waals surface area contributed by atoms with Gasteiger partial charge in [0.05, 0.1) is 16.6 Å². The van der Waals surface area contributed by atoms with Crippen molar-refractivity contribution in [3.63, 3.8) is 0 Å². The summed E-state index contributed by atoms with van der Waals surface area (Å²) >= 11 is 3.11. The molecule has 0 aliphatic heterocycles. The van der Waals surface area contributed by atoms with Crippen molar-refractivity contribution >= 4 is 15.9 Å². The minimum Gasteiger partial charge on any atom is -0.379 e. The fourth-order valence-electron chi connectivity index (χ4n) is 1.61. The lowest BCUT2D eigenvalue weighted by molar-refractivity contribution is 0.0962. The summed E-state index contributed by atoms with van der Waals surface area (Å²) in [5.74, 6) is -0.0847. The zero-order valence-electron chi connectivity index (χ0n) is 11.2. The molecule has 108 valence electrons. The van der Waals surface area contributed by atoms with E-state index in [0.29, 0.717) is 11.1 Å². The summed E-state index contributed by atoms with van der Waals surface area (Å²) in [4.78, 5) is 4.16. The van der Waals surface area contributed by atoms with E-state index in [0.717, 1.165) is 0 Å². The molecule has 1 aromatic carbocycles. The van der Waals surface area contributed by atoms with Gasteiger partial charge in [0.1, 0.15) is 11.4 Å². The Morgan fingerprint density at radius 3 is 2.95 bits per heavy atom. The van der Waals surface area contributed by atoms with Crippen molar-refractivity contribution in [2.24, 2.45) is 5.73 Å². The number of halogens is 2. The molecule has 0 radical (unpaired) electrons. The van der Waals surface area contributed by atoms with Gasteiger partial charge in [-0.3, -0.25) is 0 Å². The molecular weight excluding hydrogens is 329 g/mol. The van der Waals surface area contributed by atoms with Crippen molar-refractivity contribution < 1.29 is 13.7 Å². The summed E-state index contributed by atoms with van der Waals surface area (Å²) in [7, 11) is 0. The largest absolute Gasteiger partial charge is 0.379 e. The zero-order valence-corrected chi connectivity index (χ0v) is 12.8. The van der Waals surface area contributed by atoms with Gasteiger partial charge in [0.25, 0.3) is 5.89 Å². The average molecular weight is 344 g/mol. The van der Waals surface area contributed by atoms with Crippen LogP contribution in [-0.2, 0) is 10.3 Å². The lowest BCUT2D eigenvalue weighted by Crippen LogP contribution is -2.39. The first-order valence-electron chi connectivity index (χ1n) is 6.11. The van der Waals surface area contributed by atoms with E-state index < -0.39 is 11.4 Å². The quantitative estimate of drug-likeness (QED) is 0.903. The van der Waals surface area contributed by atoms with Gasteiger partial charge in [0.2, 0.25) is 0 Å². The first-order chi connectivity index (χ1) is 9.45. The van der Waals surface area contributed by atoms with E-state index in [9.17, 15) is 4.39 Å². The van der Waals surface area contributed by atoms with Crippen LogP contribution in [0.1, 0.15) is 19.7 Å². The Labute approximate surface area is 124 Å². The number of hydrogen-bond donors (Lipinski definition) is 1. The Balaban J connectivity index is 2.31. The standard InChI is InChI=1S/C13H15BrFN3O2/c1-3-19-7-13(2,16)12-17-11(20-18-12)8-5-4-6-9(14)10(8)15/h4-6H,3,7,16H2,1-2H3. The molecule has 1 aromatic heterocycles. The number of nitrogens with two attached hydrogens (primary N) is 1. The van der Waals surface area contributed by atoms with E-state index in [1.54, 1.807) is 25.1 Å². The molecule has 2 N–H and O–H groups in total. The van der Waals surface area contributed by atoms with Crippen LogP contribution >= 0.6 is 15.9 Å². The number of rotatable bonds is 5. The number of ether oxygens (including phenoxy) is 1. The third-order valence-corrected chi connectivity index (χ3v) is 3.34. The maximum atomic E-state index is 14.0. The van der Waals surface area contributed by atoms with Crippen molar-refractivity contribution in [3.05, 3.63) is 34.3 Å². The van der Waals surface area contributed by atoms with Crippen LogP contribution < -0.4 is 5.73 Å². The highest BCUT2D eigenvalue weighted by Crippen LogP contribution is 2.27. The van der Waals surface area contributed by atoms with E-state index in [1.807, 2.05) is 6.92 Å². The summed E-state index contributed by atoms with van der Waals surface area (Å²) < 4.78 is 24.7. The summed E-state index contributed by atoms with van der Waals surface area (Å²) in [6, 6.07) is 4.85. The fourth-order valence-corrected chi connectivity index (χ4v) is 1.98. The van der Waals surface area contributed by atoms with E-state index in [2.05, 4.69) is 26.1 Å². The van der Waals surface area contributed by atoms with Crippen LogP contribution in [0.4, 0.5) is 4.39 Å². The molecule has 0 amide bonds. The third kappa shape index (κ3) is 3.05. The van der Waals surface area contributed by atoms with Crippen LogP contribution in [0.2, 0.25) is 0 Å². The second kappa shape index (κ2) is 5.99. The molecule has 0 saturated heterocycles. The van der Waals surface area contributed by atoms with Gasteiger partial charge in [-0.25, -0.2) is 4.39 Å². The van der Waals surface area contributed by atoms with Crippen LogP contribution in [0, 0.1) is 5.82 Å². The highest BCUT2D eigenvalue weighted by atomic mass is 79.9. The second-order valence-corrected chi connectivity index (χ2v) is 5.43. The predicted octanol–water partition coefficient (Wildman–Crippen LogP) is 2.85. The Hall–Kier alpha value is -1.31. The van der Waals surface area contributed by atoms with Crippen LogP contribution in [0.3, 0.4) is 0 Å². The minimum absolute atomic E-state index is 0.0898. The Morgan fingerprint density at radius 2 is 2.25 bits per heavy atom. The van der Waals surface area contributed by atoms with E-state index >= 15 is 0 Å². The average Bonchev–Trinajstić information content (AvgIpc) is 2.90. The molecule has 1 atom stereocenters. The first-order valence-corrected chi connectivity index (χ1v) is 6.90. The van der Waals surface area contributed by atoms with Crippen molar-refractivity contribution in [1.29, 1.82) is 0 Å². The molecular formula is C13H15BrFN3O2. The first kappa shape index (κ1) is 15.1. The smallest absolute Gasteiger partial charge is 0.261 e. The molecule has 5 nitrogen and oxygen atoms in total. The minimum atomic E-state index is -0.889. The van der Waals surface area contributed by atoms with Gasteiger partial charge in [0.15, 0.2) is 5.82 Å². The van der Waals surface area contributed by atoms with Crippen LogP contribution in [0.5, 0.6) is 0 Å². The Kier molecular flexibility index (Phi) is 4.52. The van der Waals surface area contributed by atoms with Crippen molar-refractivity contribution in [1.82, 2.24) is 10.1 Å². The van der Waals surface area contributed by atoms with E-state index in [1.165, 1.54) is 0 Å². The maximum absolute atomic E-state index is 14.0. The number of nitrogens with zero attached hydrogens (tertiary/aromatic N) is 2. The molecule has 0 saturated carbocycles. The Morgan fingerprint density at radius 1 is 1.50 bits per heavy atom. The highest BCUT2D eigenvalue weighted by molar-refractivity contribution is 9.10. The molecule has 2 rings (SSSR count). The third-order valence-electron chi connectivity index (χ3n) is 2.72. The number of aromatic nitrogens is 2. The second-order valence-electron chi connectivity index (χ2n) is 4.58. The summed E-state index contributed by atoms with van der Waals surface area (Å²) in [6.07, 6.45) is 0. The molecule has 2 aromatic rings. The van der Waals surface area contributed by atoms with Gasteiger partial charge in [-0.2, -0.15) is 4.98 Å². The maximum Gasteiger partial charge on any atom is 0.261 e. The monoisotopic (exact) mass is 343 g/mol. The van der Waals surface area contributed by atoms with Crippen molar-refractivity contribution in [2.45, 2.75) is 19.4 Å². The fraction of sp³-hybridized carbons (Fsp3) is 0.385. The molecule has 7 heteroatoms. The molecule has 1 heterocycles. The normalized spacial score (nSPS) is 14.2. The van der Waals surface area contributed by atoms with Gasteiger partial charge in [0, 0.05) is 6.61 Å². The van der Waals surface area contributed by atoms with Gasteiger partial charge in [-0.05, 0) is 41.9 Å². The van der Waals surface area contributed by atoms with Gasteiger partial charge >= 0.3 is 0 Å². The van der Waals surface area contributed by atoms with Crippen molar-refractivity contribution in [2.75, 3.05) is 13.2 Å². The molecule has 0 aliphatic carbocycles. The molecule has 20 heavy (non-hydrogen) atoms. The van der Waals surface area contributed by atoms with Gasteiger partial charge in [-0.1, -0.05) is 11.2 Å². The van der Waals surface area contributed by atoms with Crippen LogP contribution in [-0.4, -0.2) is 23.4 Å². The number of hydrogen-bond acceptors (Lipinski definition) is 5. The molecule has 1 unspecified atom stereocenters. The highest BCUT2D eigenvalue weighted by Gasteiger charge is 2.28. The summed E-state index contributed by atoms with van der Waals surface area (Å²) in [5, 5.41) is 3.81. The van der Waals surface area contributed by atoms with E-state index in [-0.39, 0.29) is 23.9 Å². The summed E-state index contributed by atoms with van der Waals surface area (Å²) in [5.41, 5.74) is 5.41. The molecule has 0 bridgehead atoms. The topological polar surface area (TPSA) is 74.2 Å². The SMILES string of the molecule is CCOCC(C)(N)c1noc(-c2cccc(Br)c2F)n1. The van der Waals surface area contributed by atoms with Crippen molar-refractivity contribution in [3.8, 4) is 11.5 Å². The molecule has 0 aliphatic rings. The lowest BCUT2D eigenvalue weighted by Gasteiger charge is -2.19. The lowest BCUT2D eigenvalue weighted by atomic mass is 10.1. The Bertz CT molecular complexity index is 601.